The fourth-order valence-electron chi connectivity index (χ4n) is 2.06. The molecule has 2 aromatic rings. The molecule has 1 unspecified atom stereocenters. The lowest BCUT2D eigenvalue weighted by atomic mass is 10.1. The molecule has 0 heterocycles. The van der Waals surface area contributed by atoms with Gasteiger partial charge in [0.25, 0.3) is 0 Å². The number of nitrogens with two attached hydrogens (primary N) is 1. The quantitative estimate of drug-likeness (QED) is 0.853. The summed E-state index contributed by atoms with van der Waals surface area (Å²) in [6.45, 7) is 3.14. The predicted molar refractivity (Wildman–Crippen MR) is 80.7 cm³/mol. The van der Waals surface area contributed by atoms with Gasteiger partial charge >= 0.3 is 0 Å². The number of anilines is 1. The summed E-state index contributed by atoms with van der Waals surface area (Å²) in [6.07, 6.45) is 0. The van der Waals surface area contributed by atoms with Crippen LogP contribution in [0.4, 0.5) is 10.1 Å². The number of hydrogen-bond donors (Lipinski definition) is 2. The van der Waals surface area contributed by atoms with Crippen LogP contribution in [0.3, 0.4) is 0 Å². The van der Waals surface area contributed by atoms with Crippen molar-refractivity contribution in [2.24, 2.45) is 0 Å². The first-order valence-corrected chi connectivity index (χ1v) is 7.92. The average molecular weight is 308 g/mol. The maximum absolute atomic E-state index is 13.7. The minimum atomic E-state index is -3.85. The molecule has 1 atom stereocenters. The lowest BCUT2D eigenvalue weighted by Gasteiger charge is -2.16. The van der Waals surface area contributed by atoms with Crippen LogP contribution in [-0.2, 0) is 10.0 Å². The number of halogens is 1. The van der Waals surface area contributed by atoms with Gasteiger partial charge in [-0.1, -0.05) is 30.3 Å². The number of nitrogen functional groups attached to an aromatic ring is 1. The summed E-state index contributed by atoms with van der Waals surface area (Å²) in [6, 6.07) is 11.1. The molecule has 0 radical (unpaired) electrons. The molecule has 4 nitrogen and oxygen atoms in total. The Kier molecular flexibility index (Phi) is 4.29. The molecule has 0 aliphatic rings. The van der Waals surface area contributed by atoms with E-state index < -0.39 is 21.9 Å². The fourth-order valence-corrected chi connectivity index (χ4v) is 3.58. The zero-order valence-corrected chi connectivity index (χ0v) is 12.6. The number of rotatable bonds is 4. The third-order valence-corrected chi connectivity index (χ3v) is 4.91. The van der Waals surface area contributed by atoms with E-state index in [0.29, 0.717) is 0 Å². The number of benzene rings is 2. The van der Waals surface area contributed by atoms with Crippen molar-refractivity contribution in [3.63, 3.8) is 0 Å². The molecule has 0 bridgehead atoms. The molecular formula is C15H17FN2O2S. The number of hydrogen-bond acceptors (Lipinski definition) is 3. The second-order valence-corrected chi connectivity index (χ2v) is 6.56. The minimum absolute atomic E-state index is 0.0527. The zero-order chi connectivity index (χ0) is 15.6. The number of sulfonamides is 1. The van der Waals surface area contributed by atoms with E-state index in [2.05, 4.69) is 4.72 Å². The maximum Gasteiger partial charge on any atom is 0.241 e. The van der Waals surface area contributed by atoms with Crippen molar-refractivity contribution in [3.8, 4) is 0 Å². The van der Waals surface area contributed by atoms with Gasteiger partial charge < -0.3 is 5.73 Å². The molecule has 0 amide bonds. The van der Waals surface area contributed by atoms with Gasteiger partial charge in [-0.15, -0.1) is 0 Å². The van der Waals surface area contributed by atoms with Gasteiger partial charge in [0.05, 0.1) is 4.90 Å². The molecule has 0 aromatic heterocycles. The van der Waals surface area contributed by atoms with Gasteiger partial charge in [0.1, 0.15) is 5.82 Å². The lowest BCUT2D eigenvalue weighted by Crippen LogP contribution is -2.27. The van der Waals surface area contributed by atoms with Crippen LogP contribution in [0.25, 0.3) is 0 Å². The van der Waals surface area contributed by atoms with E-state index in [-0.39, 0.29) is 16.1 Å². The first-order chi connectivity index (χ1) is 9.81. The van der Waals surface area contributed by atoms with E-state index in [1.54, 1.807) is 6.92 Å². The summed E-state index contributed by atoms with van der Waals surface area (Å²) >= 11 is 0. The van der Waals surface area contributed by atoms with E-state index in [9.17, 15) is 12.8 Å². The van der Waals surface area contributed by atoms with Crippen LogP contribution < -0.4 is 10.5 Å². The Labute approximate surface area is 123 Å². The minimum Gasteiger partial charge on any atom is -0.399 e. The Morgan fingerprint density at radius 1 is 1.19 bits per heavy atom. The van der Waals surface area contributed by atoms with Crippen molar-refractivity contribution >= 4 is 15.7 Å². The smallest absolute Gasteiger partial charge is 0.241 e. The largest absolute Gasteiger partial charge is 0.399 e. The third-order valence-electron chi connectivity index (χ3n) is 3.24. The average Bonchev–Trinajstić information content (AvgIpc) is 2.43. The highest BCUT2D eigenvalue weighted by Crippen LogP contribution is 2.23. The molecule has 0 aliphatic heterocycles. The molecule has 0 aliphatic carbocycles. The van der Waals surface area contributed by atoms with Crippen molar-refractivity contribution in [1.29, 1.82) is 0 Å². The maximum atomic E-state index is 13.7. The standard InChI is InChI=1S/C15H17FN2O2S/c1-10-14(16)8-13(17)9-15(10)21(19,20)18-11(2)12-6-4-3-5-7-12/h3-9,11,18H,17H2,1-2H3. The van der Waals surface area contributed by atoms with E-state index >= 15 is 0 Å². The fraction of sp³-hybridized carbons (Fsp3) is 0.200. The summed E-state index contributed by atoms with van der Waals surface area (Å²) in [7, 11) is -3.85. The summed E-state index contributed by atoms with van der Waals surface area (Å²) in [5.41, 5.74) is 6.48. The highest BCUT2D eigenvalue weighted by Gasteiger charge is 2.22. The molecular weight excluding hydrogens is 291 g/mol. The highest BCUT2D eigenvalue weighted by atomic mass is 32.2. The van der Waals surface area contributed by atoms with Crippen molar-refractivity contribution in [2.45, 2.75) is 24.8 Å². The van der Waals surface area contributed by atoms with Crippen LogP contribution in [-0.4, -0.2) is 8.42 Å². The van der Waals surface area contributed by atoms with Gasteiger partial charge in [0.15, 0.2) is 0 Å². The molecule has 0 spiro atoms. The van der Waals surface area contributed by atoms with Crippen LogP contribution in [0.5, 0.6) is 0 Å². The van der Waals surface area contributed by atoms with Gasteiger partial charge in [-0.05, 0) is 31.5 Å². The van der Waals surface area contributed by atoms with Crippen molar-refractivity contribution in [3.05, 3.63) is 59.4 Å². The molecule has 112 valence electrons. The first kappa shape index (κ1) is 15.5. The first-order valence-electron chi connectivity index (χ1n) is 6.44. The second-order valence-electron chi connectivity index (χ2n) is 4.88. The van der Waals surface area contributed by atoms with Gasteiger partial charge in [-0.2, -0.15) is 0 Å². The summed E-state index contributed by atoms with van der Waals surface area (Å²) in [5, 5.41) is 0. The van der Waals surface area contributed by atoms with Crippen LogP contribution in [0.2, 0.25) is 0 Å². The second kappa shape index (κ2) is 5.83. The molecule has 0 saturated carbocycles. The summed E-state index contributed by atoms with van der Waals surface area (Å²) < 4.78 is 41.0. The normalized spacial score (nSPS) is 13.1. The topological polar surface area (TPSA) is 72.2 Å². The Bertz CT molecular complexity index is 746. The lowest BCUT2D eigenvalue weighted by molar-refractivity contribution is 0.562. The van der Waals surface area contributed by atoms with E-state index in [1.165, 1.54) is 13.0 Å². The SMILES string of the molecule is Cc1c(F)cc(N)cc1S(=O)(=O)NC(C)c1ccccc1. The molecule has 2 aromatic carbocycles. The molecule has 21 heavy (non-hydrogen) atoms. The Balaban J connectivity index is 2.35. The van der Waals surface area contributed by atoms with Crippen LogP contribution in [0.1, 0.15) is 24.1 Å². The summed E-state index contributed by atoms with van der Waals surface area (Å²) in [4.78, 5) is -0.136. The van der Waals surface area contributed by atoms with E-state index in [0.717, 1.165) is 11.6 Å². The van der Waals surface area contributed by atoms with E-state index in [4.69, 9.17) is 5.73 Å². The molecule has 2 rings (SSSR count). The van der Waals surface area contributed by atoms with Crippen LogP contribution in [0.15, 0.2) is 47.4 Å². The summed E-state index contributed by atoms with van der Waals surface area (Å²) in [5.74, 6) is -0.636. The molecule has 3 N–H and O–H groups in total. The Hall–Kier alpha value is -1.92. The van der Waals surface area contributed by atoms with Gasteiger partial charge in [0.2, 0.25) is 10.0 Å². The zero-order valence-electron chi connectivity index (χ0n) is 11.8. The third kappa shape index (κ3) is 3.40. The van der Waals surface area contributed by atoms with Crippen LogP contribution >= 0.6 is 0 Å². The predicted octanol–water partition coefficient (Wildman–Crippen LogP) is 2.76. The Morgan fingerprint density at radius 3 is 2.43 bits per heavy atom. The van der Waals surface area contributed by atoms with Crippen molar-refractivity contribution in [1.82, 2.24) is 4.72 Å². The van der Waals surface area contributed by atoms with Gasteiger partial charge in [-0.3, -0.25) is 0 Å². The molecule has 0 fully saturated rings. The highest BCUT2D eigenvalue weighted by molar-refractivity contribution is 7.89. The van der Waals surface area contributed by atoms with Crippen molar-refractivity contribution in [2.75, 3.05) is 5.73 Å². The van der Waals surface area contributed by atoms with Gasteiger partial charge in [0, 0.05) is 17.3 Å². The molecule has 6 heteroatoms. The van der Waals surface area contributed by atoms with Crippen LogP contribution in [0, 0.1) is 12.7 Å². The van der Waals surface area contributed by atoms with E-state index in [1.807, 2.05) is 30.3 Å². The Morgan fingerprint density at radius 2 is 1.81 bits per heavy atom. The number of nitrogens with one attached hydrogen (secondary N) is 1. The van der Waals surface area contributed by atoms with Crippen molar-refractivity contribution < 1.29 is 12.8 Å². The molecule has 0 saturated heterocycles. The van der Waals surface area contributed by atoms with Gasteiger partial charge in [-0.25, -0.2) is 17.5 Å². The monoisotopic (exact) mass is 308 g/mol.